The smallest absolute Gasteiger partial charge is 0.197 e. The number of hydrazone groups is 1. The predicted molar refractivity (Wildman–Crippen MR) is 108 cm³/mol. The van der Waals surface area contributed by atoms with E-state index in [1.54, 1.807) is 7.11 Å². The van der Waals surface area contributed by atoms with E-state index in [9.17, 15) is 0 Å². The fraction of sp³-hybridized carbons (Fsp3) is 0.0952. The van der Waals surface area contributed by atoms with Gasteiger partial charge in [0.05, 0.1) is 7.11 Å². The number of rotatable bonds is 4. The highest BCUT2D eigenvalue weighted by atomic mass is 16.5. The number of ether oxygens (including phenoxy) is 1. The number of benzene rings is 2. The Morgan fingerprint density at radius 2 is 1.93 bits per heavy atom. The van der Waals surface area contributed by atoms with Crippen LogP contribution in [-0.4, -0.2) is 22.8 Å². The fourth-order valence-corrected chi connectivity index (χ4v) is 3.17. The summed E-state index contributed by atoms with van der Waals surface area (Å²) in [5, 5.41) is 6.31. The van der Waals surface area contributed by atoms with Crippen molar-refractivity contribution >= 4 is 44.6 Å². The molecule has 0 saturated carbocycles. The quantitative estimate of drug-likeness (QED) is 0.354. The number of aromatic nitrogens is 2. The molecule has 1 N–H and O–H groups in total. The minimum absolute atomic E-state index is 0.495. The number of fused-ring (bicyclic) bond motifs is 4. The summed E-state index contributed by atoms with van der Waals surface area (Å²) in [5.74, 6) is 1.82. The van der Waals surface area contributed by atoms with Gasteiger partial charge >= 0.3 is 0 Å². The van der Waals surface area contributed by atoms with E-state index >= 15 is 0 Å². The number of para-hydroxylation sites is 2. The average molecular weight is 372 g/mol. The Bertz CT molecular complexity index is 1350. The van der Waals surface area contributed by atoms with E-state index in [1.165, 1.54) is 6.33 Å². The molecule has 0 aliphatic carbocycles. The molecule has 0 amide bonds. The Kier molecular flexibility index (Phi) is 3.72. The van der Waals surface area contributed by atoms with Gasteiger partial charge in [-0.05, 0) is 31.2 Å². The molecule has 0 saturated heterocycles. The highest BCUT2D eigenvalue weighted by Gasteiger charge is 2.14. The van der Waals surface area contributed by atoms with Crippen molar-refractivity contribution in [2.75, 3.05) is 12.5 Å². The van der Waals surface area contributed by atoms with Crippen LogP contribution in [0.2, 0.25) is 0 Å². The molecule has 0 atom stereocenters. The Labute approximate surface area is 159 Å². The lowest BCUT2D eigenvalue weighted by atomic mass is 10.2. The number of methoxy groups -OCH3 is 1. The molecule has 0 fully saturated rings. The molecular formula is C21H16N4O3. The Balaban J connectivity index is 1.52. The van der Waals surface area contributed by atoms with E-state index < -0.39 is 0 Å². The van der Waals surface area contributed by atoms with Crippen molar-refractivity contribution in [1.82, 2.24) is 9.97 Å². The van der Waals surface area contributed by atoms with Crippen LogP contribution in [-0.2, 0) is 0 Å². The summed E-state index contributed by atoms with van der Waals surface area (Å²) in [6.45, 7) is 1.86. The number of hydrogen-bond donors (Lipinski definition) is 1. The van der Waals surface area contributed by atoms with E-state index in [0.29, 0.717) is 34.2 Å². The van der Waals surface area contributed by atoms with Crippen molar-refractivity contribution in [3.8, 4) is 5.75 Å². The van der Waals surface area contributed by atoms with Gasteiger partial charge < -0.3 is 13.6 Å². The van der Waals surface area contributed by atoms with Crippen LogP contribution in [0.5, 0.6) is 5.75 Å². The van der Waals surface area contributed by atoms with Crippen LogP contribution in [0.3, 0.4) is 0 Å². The summed E-state index contributed by atoms with van der Waals surface area (Å²) >= 11 is 0. The molecule has 0 spiro atoms. The minimum Gasteiger partial charge on any atom is -0.493 e. The number of nitrogens with zero attached hydrogens (tertiary/aromatic N) is 3. The summed E-state index contributed by atoms with van der Waals surface area (Å²) < 4.78 is 17.2. The van der Waals surface area contributed by atoms with Crippen molar-refractivity contribution in [1.29, 1.82) is 0 Å². The monoisotopic (exact) mass is 372 g/mol. The van der Waals surface area contributed by atoms with Gasteiger partial charge in [0.2, 0.25) is 0 Å². The van der Waals surface area contributed by atoms with Gasteiger partial charge in [0.1, 0.15) is 23.1 Å². The summed E-state index contributed by atoms with van der Waals surface area (Å²) in [7, 11) is 1.62. The van der Waals surface area contributed by atoms with Crippen LogP contribution >= 0.6 is 0 Å². The van der Waals surface area contributed by atoms with Crippen LogP contribution in [0.1, 0.15) is 12.7 Å². The molecule has 0 radical (unpaired) electrons. The van der Waals surface area contributed by atoms with Crippen LogP contribution in [0.15, 0.2) is 68.8 Å². The minimum atomic E-state index is 0.495. The molecule has 138 valence electrons. The summed E-state index contributed by atoms with van der Waals surface area (Å²) in [6, 6.07) is 15.4. The maximum absolute atomic E-state index is 5.92. The number of furan rings is 2. The predicted octanol–water partition coefficient (Wildman–Crippen LogP) is 4.97. The SMILES string of the molecule is COc1cccc2cc(/C(C)=N\Nc3ncnc4c3oc3ccccc34)oc12. The second kappa shape index (κ2) is 6.38. The average Bonchev–Trinajstić information content (AvgIpc) is 3.33. The van der Waals surface area contributed by atoms with Gasteiger partial charge in [0, 0.05) is 10.8 Å². The molecule has 7 nitrogen and oxygen atoms in total. The van der Waals surface area contributed by atoms with Crippen molar-refractivity contribution in [3.05, 3.63) is 60.6 Å². The first-order chi connectivity index (χ1) is 13.7. The van der Waals surface area contributed by atoms with E-state index in [2.05, 4.69) is 20.5 Å². The van der Waals surface area contributed by atoms with Crippen molar-refractivity contribution in [3.63, 3.8) is 0 Å². The van der Waals surface area contributed by atoms with Gasteiger partial charge in [-0.3, -0.25) is 5.43 Å². The molecule has 0 bridgehead atoms. The number of anilines is 1. The number of hydrogen-bond acceptors (Lipinski definition) is 7. The third-order valence-electron chi connectivity index (χ3n) is 4.57. The molecule has 2 aromatic carbocycles. The van der Waals surface area contributed by atoms with Crippen molar-refractivity contribution in [2.24, 2.45) is 5.10 Å². The van der Waals surface area contributed by atoms with E-state index in [4.69, 9.17) is 13.6 Å². The zero-order valence-corrected chi connectivity index (χ0v) is 15.3. The molecule has 0 aliphatic rings. The highest BCUT2D eigenvalue weighted by molar-refractivity contribution is 6.06. The molecule has 3 heterocycles. The Morgan fingerprint density at radius 1 is 1.04 bits per heavy atom. The molecule has 5 aromatic rings. The van der Waals surface area contributed by atoms with Crippen LogP contribution in [0.25, 0.3) is 33.0 Å². The number of nitrogens with one attached hydrogen (secondary N) is 1. The molecule has 3 aromatic heterocycles. The van der Waals surface area contributed by atoms with Gasteiger partial charge in [-0.2, -0.15) is 5.10 Å². The molecular weight excluding hydrogens is 356 g/mol. The summed E-state index contributed by atoms with van der Waals surface area (Å²) in [6.07, 6.45) is 1.49. The van der Waals surface area contributed by atoms with Crippen LogP contribution in [0, 0.1) is 0 Å². The Morgan fingerprint density at radius 3 is 2.82 bits per heavy atom. The van der Waals surface area contributed by atoms with E-state index in [0.717, 1.165) is 21.9 Å². The summed E-state index contributed by atoms with van der Waals surface area (Å²) in [4.78, 5) is 8.60. The lowest BCUT2D eigenvalue weighted by Crippen LogP contribution is -2.00. The molecule has 5 rings (SSSR count). The lowest BCUT2D eigenvalue weighted by molar-refractivity contribution is 0.410. The first-order valence-corrected chi connectivity index (χ1v) is 8.74. The largest absolute Gasteiger partial charge is 0.493 e. The zero-order chi connectivity index (χ0) is 19.1. The fourth-order valence-electron chi connectivity index (χ4n) is 3.17. The summed E-state index contributed by atoms with van der Waals surface area (Å²) in [5.41, 5.74) is 6.39. The second-order valence-corrected chi connectivity index (χ2v) is 6.30. The highest BCUT2D eigenvalue weighted by Crippen LogP contribution is 2.31. The maximum atomic E-state index is 5.92. The Hall–Kier alpha value is -3.87. The van der Waals surface area contributed by atoms with Crippen LogP contribution in [0.4, 0.5) is 5.82 Å². The van der Waals surface area contributed by atoms with Gasteiger partial charge in [0.15, 0.2) is 28.5 Å². The first-order valence-electron chi connectivity index (χ1n) is 8.74. The molecule has 0 unspecified atom stereocenters. The topological polar surface area (TPSA) is 85.7 Å². The standard InChI is InChI=1S/C21H16N4O3/c1-12(17-10-13-6-5-9-16(26-2)19(13)28-17)24-25-21-20-18(22-11-23-21)14-7-3-4-8-15(14)27-20/h3-11H,1-2H3,(H,22,23,25)/b24-12-. The van der Waals surface area contributed by atoms with Gasteiger partial charge in [-0.25, -0.2) is 9.97 Å². The van der Waals surface area contributed by atoms with Gasteiger partial charge in [-0.1, -0.05) is 24.3 Å². The first kappa shape index (κ1) is 16.3. The lowest BCUT2D eigenvalue weighted by Gasteiger charge is -2.01. The van der Waals surface area contributed by atoms with Gasteiger partial charge in [-0.15, -0.1) is 0 Å². The third-order valence-corrected chi connectivity index (χ3v) is 4.57. The van der Waals surface area contributed by atoms with Gasteiger partial charge in [0.25, 0.3) is 0 Å². The van der Waals surface area contributed by atoms with Crippen molar-refractivity contribution in [2.45, 2.75) is 6.92 Å². The van der Waals surface area contributed by atoms with E-state index in [1.807, 2.05) is 55.5 Å². The molecule has 28 heavy (non-hydrogen) atoms. The van der Waals surface area contributed by atoms with Crippen LogP contribution < -0.4 is 10.2 Å². The van der Waals surface area contributed by atoms with E-state index in [-0.39, 0.29) is 0 Å². The van der Waals surface area contributed by atoms with Crippen molar-refractivity contribution < 1.29 is 13.6 Å². The third kappa shape index (κ3) is 2.56. The zero-order valence-electron chi connectivity index (χ0n) is 15.3. The normalized spacial score (nSPS) is 12.1. The molecule has 7 heteroatoms. The molecule has 0 aliphatic heterocycles. The maximum Gasteiger partial charge on any atom is 0.197 e. The second-order valence-electron chi connectivity index (χ2n) is 6.30.